The molecule has 2 aliphatic rings. The Bertz CT molecular complexity index is 474. The highest BCUT2D eigenvalue weighted by molar-refractivity contribution is 9.33. The molecule has 2 aliphatic carbocycles. The van der Waals surface area contributed by atoms with Gasteiger partial charge in [-0.25, -0.2) is 0 Å². The Morgan fingerprint density at radius 2 is 1.45 bits per heavy atom. The van der Waals surface area contributed by atoms with Crippen molar-refractivity contribution in [3.05, 3.63) is 0 Å². The van der Waals surface area contributed by atoms with Crippen LogP contribution in [0.4, 0.5) is 0 Å². The number of alkyl halides is 6. The predicted octanol–water partition coefficient (Wildman–Crippen LogP) is 6.57. The molecule has 0 aromatic heterocycles. The number of rotatable bonds is 1. The quantitative estimate of drug-likeness (QED) is 0.230. The van der Waals surface area contributed by atoms with Crippen LogP contribution in [0.1, 0.15) is 44.9 Å². The number of Topliss-reactive ketones (excluding diaryl/α,β-unsaturated/α-hetero) is 2. The van der Waals surface area contributed by atoms with Crippen LogP contribution in [0.2, 0.25) is 0 Å². The van der Waals surface area contributed by atoms with Crippen LogP contribution in [-0.2, 0) is 9.59 Å². The van der Waals surface area contributed by atoms with Gasteiger partial charge in [0.2, 0.25) is 0 Å². The van der Waals surface area contributed by atoms with E-state index < -0.39 is 15.6 Å². The molecular weight excluding hydrogens is 680 g/mol. The van der Waals surface area contributed by atoms with Crippen molar-refractivity contribution in [2.75, 3.05) is 0 Å². The van der Waals surface area contributed by atoms with Crippen molar-refractivity contribution in [1.82, 2.24) is 0 Å². The molecule has 0 aliphatic heterocycles. The maximum atomic E-state index is 12.9. The van der Waals surface area contributed by atoms with Crippen molar-refractivity contribution in [2.45, 2.75) is 54.6 Å². The van der Waals surface area contributed by atoms with Crippen molar-refractivity contribution in [3.8, 4) is 0 Å². The summed E-state index contributed by atoms with van der Waals surface area (Å²) in [6.45, 7) is 0. The molecule has 0 aromatic carbocycles. The van der Waals surface area contributed by atoms with Crippen LogP contribution in [0, 0.1) is 11.8 Å². The molecule has 0 saturated heterocycles. The monoisotopic (exact) mass is 690 g/mol. The molecule has 0 heterocycles. The average molecular weight is 696 g/mol. The third kappa shape index (κ3) is 3.67. The maximum Gasteiger partial charge on any atom is 0.139 e. The topological polar surface area (TPSA) is 34.1 Å². The summed E-state index contributed by atoms with van der Waals surface area (Å²) in [7, 11) is 0. The lowest BCUT2D eigenvalue weighted by molar-refractivity contribution is -0.132. The molecule has 2 unspecified atom stereocenters. The Hall–Kier alpha value is 2.22. The van der Waals surface area contributed by atoms with E-state index in [1.54, 1.807) is 0 Å². The first kappa shape index (κ1) is 20.5. The summed E-state index contributed by atoms with van der Waals surface area (Å²) in [4.78, 5) is 25.5. The van der Waals surface area contributed by atoms with E-state index in [1.165, 1.54) is 0 Å². The van der Waals surface area contributed by atoms with E-state index in [9.17, 15) is 9.59 Å². The van der Waals surface area contributed by atoms with Crippen LogP contribution in [0.5, 0.6) is 0 Å². The van der Waals surface area contributed by atoms with Crippen molar-refractivity contribution >= 4 is 107 Å². The fourth-order valence-corrected chi connectivity index (χ4v) is 8.05. The first-order chi connectivity index (χ1) is 10.0. The largest absolute Gasteiger partial charge is 0.299 e. The number of hydrogen-bond donors (Lipinski definition) is 0. The Balaban J connectivity index is 2.47. The number of carbonyl (C=O) groups is 2. The van der Waals surface area contributed by atoms with Gasteiger partial charge in [-0.3, -0.25) is 9.59 Å². The molecule has 126 valence electrons. The smallest absolute Gasteiger partial charge is 0.139 e. The van der Waals surface area contributed by atoms with Gasteiger partial charge in [0.25, 0.3) is 0 Å². The van der Waals surface area contributed by atoms with Crippen LogP contribution >= 0.6 is 95.6 Å². The minimum absolute atomic E-state index is 0.123. The fraction of sp³-hybridized carbons (Fsp3) is 0.857. The highest BCUT2D eigenvalue weighted by Crippen LogP contribution is 2.66. The second-order valence-electron chi connectivity index (χ2n) is 6.02. The van der Waals surface area contributed by atoms with Crippen molar-refractivity contribution < 1.29 is 9.59 Å². The van der Waals surface area contributed by atoms with Crippen LogP contribution in [0.3, 0.4) is 0 Å². The average Bonchev–Trinajstić information content (AvgIpc) is 2.63. The molecule has 2 atom stereocenters. The van der Waals surface area contributed by atoms with Gasteiger partial charge in [-0.05, 0) is 19.3 Å². The molecule has 0 spiro atoms. The second-order valence-corrected chi connectivity index (χ2v) is 16.8. The molecule has 0 amide bonds. The molecule has 2 nitrogen and oxygen atoms in total. The lowest BCUT2D eigenvalue weighted by atomic mass is 9.79. The summed E-state index contributed by atoms with van der Waals surface area (Å²) in [5, 5.41) is 0. The minimum Gasteiger partial charge on any atom is -0.299 e. The van der Waals surface area contributed by atoms with E-state index in [2.05, 4.69) is 95.6 Å². The predicted molar refractivity (Wildman–Crippen MR) is 111 cm³/mol. The summed E-state index contributed by atoms with van der Waals surface area (Å²) in [6, 6.07) is 0. The van der Waals surface area contributed by atoms with Gasteiger partial charge in [0.1, 0.15) is 21.3 Å². The molecule has 0 aromatic rings. The summed E-state index contributed by atoms with van der Waals surface area (Å²) >= 11 is 22.2. The van der Waals surface area contributed by atoms with Gasteiger partial charge >= 0.3 is 0 Å². The molecule has 0 bridgehead atoms. The summed E-state index contributed by atoms with van der Waals surface area (Å²) in [6.07, 6.45) is 5.39. The molecular formula is C14H16Br6O2. The first-order valence-corrected chi connectivity index (χ1v) is 12.0. The van der Waals surface area contributed by atoms with Gasteiger partial charge in [-0.2, -0.15) is 0 Å². The Kier molecular flexibility index (Phi) is 6.96. The van der Waals surface area contributed by atoms with E-state index in [-0.39, 0.29) is 17.5 Å². The van der Waals surface area contributed by atoms with Gasteiger partial charge in [-0.15, -0.1) is 0 Å². The number of hydrogen-bond acceptors (Lipinski definition) is 2. The first-order valence-electron chi connectivity index (χ1n) is 7.21. The molecule has 0 radical (unpaired) electrons. The molecule has 0 N–H and O–H groups in total. The zero-order chi connectivity index (χ0) is 16.8. The van der Waals surface area contributed by atoms with Gasteiger partial charge in [0.15, 0.2) is 0 Å². The summed E-state index contributed by atoms with van der Waals surface area (Å²) < 4.78 is -2.01. The third-order valence-electron chi connectivity index (χ3n) is 4.56. The van der Waals surface area contributed by atoms with Crippen LogP contribution in [0.15, 0.2) is 0 Å². The van der Waals surface area contributed by atoms with Crippen LogP contribution in [-0.4, -0.2) is 21.3 Å². The van der Waals surface area contributed by atoms with Crippen molar-refractivity contribution in [3.63, 3.8) is 0 Å². The van der Waals surface area contributed by atoms with Crippen molar-refractivity contribution in [1.29, 1.82) is 0 Å². The Labute approximate surface area is 181 Å². The molecule has 2 fully saturated rings. The second kappa shape index (κ2) is 7.45. The standard InChI is InChI=1S/C14H16Br6O2/c15-12(16)7-6-10(22)11(13(17,18)14(12,19)20)8-4-2-1-3-5-9(8)21/h8,11H,1-7H2. The van der Waals surface area contributed by atoms with Crippen LogP contribution < -0.4 is 0 Å². The van der Waals surface area contributed by atoms with Gasteiger partial charge < -0.3 is 0 Å². The maximum absolute atomic E-state index is 12.9. The molecule has 2 rings (SSSR count). The summed E-state index contributed by atoms with van der Waals surface area (Å²) in [5.41, 5.74) is 0. The molecule has 22 heavy (non-hydrogen) atoms. The van der Waals surface area contributed by atoms with E-state index in [0.29, 0.717) is 19.3 Å². The van der Waals surface area contributed by atoms with E-state index in [0.717, 1.165) is 25.7 Å². The van der Waals surface area contributed by atoms with E-state index >= 15 is 0 Å². The van der Waals surface area contributed by atoms with Gasteiger partial charge in [-0.1, -0.05) is 108 Å². The van der Waals surface area contributed by atoms with Crippen molar-refractivity contribution in [2.24, 2.45) is 11.8 Å². The number of ketones is 2. The van der Waals surface area contributed by atoms with Gasteiger partial charge in [0.05, 0.1) is 5.92 Å². The Morgan fingerprint density at radius 1 is 0.818 bits per heavy atom. The lowest BCUT2D eigenvalue weighted by Gasteiger charge is -2.45. The minimum atomic E-state index is -0.793. The van der Waals surface area contributed by atoms with E-state index in [4.69, 9.17) is 0 Å². The zero-order valence-electron chi connectivity index (χ0n) is 11.7. The fourth-order valence-electron chi connectivity index (χ4n) is 3.25. The normalized spacial score (nSPS) is 34.8. The molecule has 8 heteroatoms. The van der Waals surface area contributed by atoms with Gasteiger partial charge in [0, 0.05) is 18.8 Å². The highest BCUT2D eigenvalue weighted by atomic mass is 79.9. The lowest BCUT2D eigenvalue weighted by Crippen LogP contribution is -2.53. The van der Waals surface area contributed by atoms with E-state index in [1.807, 2.05) is 0 Å². The SMILES string of the molecule is O=C1CCCCCC1C1C(=O)CCC(Br)(Br)C(Br)(Br)C1(Br)Br. The Morgan fingerprint density at radius 3 is 2.09 bits per heavy atom. The molecule has 2 saturated carbocycles. The van der Waals surface area contributed by atoms with Crippen LogP contribution in [0.25, 0.3) is 0 Å². The third-order valence-corrected chi connectivity index (χ3v) is 15.6. The zero-order valence-corrected chi connectivity index (χ0v) is 21.2. The summed E-state index contributed by atoms with van der Waals surface area (Å²) in [5.74, 6) is -0.324. The highest BCUT2D eigenvalue weighted by Gasteiger charge is 2.65. The number of carbonyl (C=O) groups excluding carboxylic acids is 2. The number of halogens is 6.